The number of rotatable bonds is 4. The Morgan fingerprint density at radius 3 is 2.26 bits per heavy atom. The summed E-state index contributed by atoms with van der Waals surface area (Å²) in [5.41, 5.74) is 7.19. The van der Waals surface area contributed by atoms with E-state index >= 15 is 0 Å². The van der Waals surface area contributed by atoms with Crippen molar-refractivity contribution in [2.75, 3.05) is 31.9 Å². The molecule has 1 amide bonds. The number of nitrogen functional groups attached to an aromatic ring is 1. The Morgan fingerprint density at radius 1 is 1.04 bits per heavy atom. The average molecular weight is 430 g/mol. The van der Waals surface area contributed by atoms with Crippen LogP contribution >= 0.6 is 24.0 Å². The van der Waals surface area contributed by atoms with Crippen LogP contribution in [0.4, 0.5) is 5.69 Å². The summed E-state index contributed by atoms with van der Waals surface area (Å²) in [4.78, 5) is 14.3. The Kier molecular flexibility index (Phi) is 7.11. The lowest BCUT2D eigenvalue weighted by Crippen LogP contribution is -2.50. The number of amides is 1. The molecule has 146 valence electrons. The van der Waals surface area contributed by atoms with E-state index in [9.17, 15) is 13.2 Å². The van der Waals surface area contributed by atoms with Crippen molar-refractivity contribution < 1.29 is 13.2 Å². The van der Waals surface area contributed by atoms with E-state index in [1.165, 1.54) is 16.4 Å². The number of nitrogens with zero attached hydrogens (tertiary/aromatic N) is 2. The van der Waals surface area contributed by atoms with Gasteiger partial charge in [0.2, 0.25) is 15.9 Å². The molecule has 0 aliphatic carbocycles. The SMILES string of the molecule is Cl.Nc1ccc(CC(=O)N2CCN(S(=O)(=O)c3cccc(Cl)c3)CC2)cc1. The second kappa shape index (κ2) is 8.93. The fraction of sp³-hybridized carbons (Fsp3) is 0.278. The Hall–Kier alpha value is -1.80. The third-order valence-electron chi connectivity index (χ3n) is 4.36. The Morgan fingerprint density at radius 2 is 1.67 bits per heavy atom. The van der Waals surface area contributed by atoms with Crippen LogP contribution in [0.15, 0.2) is 53.4 Å². The first-order valence-corrected chi connectivity index (χ1v) is 10.1. The van der Waals surface area contributed by atoms with E-state index in [2.05, 4.69) is 0 Å². The summed E-state index contributed by atoms with van der Waals surface area (Å²) in [7, 11) is -3.60. The van der Waals surface area contributed by atoms with Gasteiger partial charge in [-0.2, -0.15) is 4.31 Å². The molecule has 3 rings (SSSR count). The molecule has 1 fully saturated rings. The molecule has 0 aromatic heterocycles. The first-order chi connectivity index (χ1) is 12.4. The number of benzene rings is 2. The van der Waals surface area contributed by atoms with Crippen LogP contribution in [-0.2, 0) is 21.2 Å². The summed E-state index contributed by atoms with van der Waals surface area (Å²) < 4.78 is 26.8. The van der Waals surface area contributed by atoms with Gasteiger partial charge in [-0.15, -0.1) is 12.4 Å². The molecule has 0 saturated carbocycles. The highest BCUT2D eigenvalue weighted by atomic mass is 35.5. The highest BCUT2D eigenvalue weighted by Crippen LogP contribution is 2.21. The number of hydrogen-bond donors (Lipinski definition) is 1. The number of halogens is 2. The zero-order valence-corrected chi connectivity index (χ0v) is 16.9. The van der Waals surface area contributed by atoms with Crippen LogP contribution in [0.1, 0.15) is 5.56 Å². The largest absolute Gasteiger partial charge is 0.399 e. The van der Waals surface area contributed by atoms with Gasteiger partial charge in [0.25, 0.3) is 0 Å². The summed E-state index contributed by atoms with van der Waals surface area (Å²) in [6.07, 6.45) is 0.279. The number of carbonyl (C=O) groups is 1. The minimum atomic E-state index is -3.60. The van der Waals surface area contributed by atoms with Gasteiger partial charge in [-0.05, 0) is 35.9 Å². The maximum absolute atomic E-state index is 12.7. The molecule has 0 atom stereocenters. The van der Waals surface area contributed by atoms with Crippen LogP contribution in [0.25, 0.3) is 0 Å². The molecule has 1 aliphatic rings. The molecule has 1 aliphatic heterocycles. The van der Waals surface area contributed by atoms with Gasteiger partial charge < -0.3 is 10.6 Å². The Balaban J connectivity index is 0.00000261. The van der Waals surface area contributed by atoms with Crippen molar-refractivity contribution in [2.24, 2.45) is 0 Å². The molecule has 0 unspecified atom stereocenters. The molecule has 9 heteroatoms. The lowest BCUT2D eigenvalue weighted by molar-refractivity contribution is -0.131. The van der Waals surface area contributed by atoms with E-state index < -0.39 is 10.0 Å². The van der Waals surface area contributed by atoms with Gasteiger partial charge in [0.1, 0.15) is 0 Å². The molecular weight excluding hydrogens is 409 g/mol. The van der Waals surface area contributed by atoms with E-state index in [-0.39, 0.29) is 42.7 Å². The zero-order valence-electron chi connectivity index (χ0n) is 14.5. The summed E-state index contributed by atoms with van der Waals surface area (Å²) in [6.45, 7) is 1.27. The fourth-order valence-electron chi connectivity index (χ4n) is 2.88. The smallest absolute Gasteiger partial charge is 0.243 e. The van der Waals surface area contributed by atoms with E-state index in [4.69, 9.17) is 17.3 Å². The molecule has 2 aromatic rings. The Labute approximate surface area is 170 Å². The highest BCUT2D eigenvalue weighted by Gasteiger charge is 2.30. The predicted molar refractivity (Wildman–Crippen MR) is 109 cm³/mol. The normalized spacial score (nSPS) is 15.2. The number of anilines is 1. The standard InChI is InChI=1S/C18H20ClN3O3S.ClH/c19-15-2-1-3-17(13-15)26(24,25)22-10-8-21(9-11-22)18(23)12-14-4-6-16(20)7-5-14;/h1-7,13H,8-12,20H2;1H. The van der Waals surface area contributed by atoms with Crippen LogP contribution in [0, 0.1) is 0 Å². The van der Waals surface area contributed by atoms with Gasteiger partial charge in [0, 0.05) is 36.9 Å². The van der Waals surface area contributed by atoms with Gasteiger partial charge in [-0.25, -0.2) is 8.42 Å². The highest BCUT2D eigenvalue weighted by molar-refractivity contribution is 7.89. The second-order valence-corrected chi connectivity index (χ2v) is 8.53. The molecule has 0 bridgehead atoms. The van der Waals surface area contributed by atoms with Crippen LogP contribution in [-0.4, -0.2) is 49.7 Å². The van der Waals surface area contributed by atoms with Crippen molar-refractivity contribution in [3.63, 3.8) is 0 Å². The molecular formula is C18H21Cl2N3O3S. The van der Waals surface area contributed by atoms with E-state index in [1.54, 1.807) is 29.2 Å². The molecule has 2 aromatic carbocycles. The van der Waals surface area contributed by atoms with Crippen LogP contribution < -0.4 is 5.73 Å². The molecule has 6 nitrogen and oxygen atoms in total. The summed E-state index contributed by atoms with van der Waals surface area (Å²) in [5.74, 6) is -0.0189. The van der Waals surface area contributed by atoms with E-state index in [1.807, 2.05) is 12.1 Å². The number of hydrogen-bond acceptors (Lipinski definition) is 4. The molecule has 1 heterocycles. The maximum Gasteiger partial charge on any atom is 0.243 e. The van der Waals surface area contributed by atoms with E-state index in [0.717, 1.165) is 5.56 Å². The lowest BCUT2D eigenvalue weighted by Gasteiger charge is -2.34. The van der Waals surface area contributed by atoms with Crippen molar-refractivity contribution in [1.82, 2.24) is 9.21 Å². The van der Waals surface area contributed by atoms with Crippen molar-refractivity contribution >= 4 is 45.6 Å². The van der Waals surface area contributed by atoms with Crippen molar-refractivity contribution in [3.05, 3.63) is 59.1 Å². The number of nitrogens with two attached hydrogens (primary N) is 1. The lowest BCUT2D eigenvalue weighted by atomic mass is 10.1. The molecule has 1 saturated heterocycles. The average Bonchev–Trinajstić information content (AvgIpc) is 2.64. The van der Waals surface area contributed by atoms with Gasteiger partial charge in [0.15, 0.2) is 0 Å². The minimum absolute atomic E-state index is 0. The van der Waals surface area contributed by atoms with Crippen molar-refractivity contribution in [2.45, 2.75) is 11.3 Å². The molecule has 0 spiro atoms. The predicted octanol–water partition coefficient (Wildman–Crippen LogP) is 2.42. The zero-order chi connectivity index (χ0) is 18.7. The number of carbonyl (C=O) groups excluding carboxylic acids is 1. The first kappa shape index (κ1) is 21.5. The van der Waals surface area contributed by atoms with Crippen molar-refractivity contribution in [1.29, 1.82) is 0 Å². The molecule has 27 heavy (non-hydrogen) atoms. The fourth-order valence-corrected chi connectivity index (χ4v) is 4.60. The van der Waals surface area contributed by atoms with Gasteiger partial charge in [0.05, 0.1) is 11.3 Å². The summed E-state index contributed by atoms with van der Waals surface area (Å²) >= 11 is 5.90. The third-order valence-corrected chi connectivity index (χ3v) is 6.49. The van der Waals surface area contributed by atoms with Crippen LogP contribution in [0.2, 0.25) is 5.02 Å². The molecule has 2 N–H and O–H groups in total. The van der Waals surface area contributed by atoms with Gasteiger partial charge >= 0.3 is 0 Å². The number of piperazine rings is 1. The van der Waals surface area contributed by atoms with Crippen LogP contribution in [0.3, 0.4) is 0 Å². The second-order valence-electron chi connectivity index (χ2n) is 6.16. The molecule has 0 radical (unpaired) electrons. The minimum Gasteiger partial charge on any atom is -0.399 e. The maximum atomic E-state index is 12.7. The monoisotopic (exact) mass is 429 g/mol. The Bertz CT molecular complexity index is 896. The van der Waals surface area contributed by atoms with Gasteiger partial charge in [-0.3, -0.25) is 4.79 Å². The quantitative estimate of drug-likeness (QED) is 0.756. The van der Waals surface area contributed by atoms with E-state index in [0.29, 0.717) is 23.8 Å². The van der Waals surface area contributed by atoms with Gasteiger partial charge in [-0.1, -0.05) is 29.8 Å². The van der Waals surface area contributed by atoms with Crippen LogP contribution in [0.5, 0.6) is 0 Å². The first-order valence-electron chi connectivity index (χ1n) is 8.24. The topological polar surface area (TPSA) is 83.7 Å². The summed E-state index contributed by atoms with van der Waals surface area (Å²) in [5, 5.41) is 0.378. The van der Waals surface area contributed by atoms with Crippen molar-refractivity contribution in [3.8, 4) is 0 Å². The summed E-state index contributed by atoms with van der Waals surface area (Å²) in [6, 6.07) is 13.4. The third kappa shape index (κ3) is 5.13. The number of sulfonamides is 1.